The minimum Gasteiger partial charge on any atom is -0.486 e. The summed E-state index contributed by atoms with van der Waals surface area (Å²) in [6.45, 7) is 1.10. The van der Waals surface area contributed by atoms with Crippen molar-refractivity contribution in [2.24, 2.45) is 0 Å². The Morgan fingerprint density at radius 3 is 2.88 bits per heavy atom. The van der Waals surface area contributed by atoms with Crippen molar-refractivity contribution in [2.45, 2.75) is 6.61 Å². The summed E-state index contributed by atoms with van der Waals surface area (Å²) in [6, 6.07) is 5.67. The normalized spacial score (nSPS) is 13.7. The summed E-state index contributed by atoms with van der Waals surface area (Å²) in [6.07, 6.45) is 1.62. The lowest BCUT2D eigenvalue weighted by molar-refractivity contribution is 0.171. The molecular weight excluding hydrogens is 220 g/mol. The van der Waals surface area contributed by atoms with Crippen molar-refractivity contribution in [3.05, 3.63) is 30.0 Å². The Hall–Kier alpha value is -2.01. The van der Waals surface area contributed by atoms with Crippen LogP contribution in [0.4, 0.5) is 0 Å². The third-order valence-corrected chi connectivity index (χ3v) is 2.72. The quantitative estimate of drug-likeness (QED) is 0.820. The van der Waals surface area contributed by atoms with Crippen LogP contribution < -0.4 is 9.47 Å². The Bertz CT molecular complexity index is 536. The number of hydrogen-bond acceptors (Lipinski definition) is 4. The van der Waals surface area contributed by atoms with E-state index in [2.05, 4.69) is 10.2 Å². The summed E-state index contributed by atoms with van der Waals surface area (Å²) in [5.74, 6) is 1.48. The van der Waals surface area contributed by atoms with E-state index < -0.39 is 0 Å². The third-order valence-electron chi connectivity index (χ3n) is 2.72. The molecule has 1 aromatic heterocycles. The van der Waals surface area contributed by atoms with Crippen molar-refractivity contribution in [2.75, 3.05) is 13.2 Å². The molecule has 0 bridgehead atoms. The first-order chi connectivity index (χ1) is 8.38. The maximum Gasteiger partial charge on any atom is 0.162 e. The number of aromatic amines is 1. The summed E-state index contributed by atoms with van der Waals surface area (Å²) >= 11 is 0. The maximum absolute atomic E-state index is 9.19. The second kappa shape index (κ2) is 4.10. The number of fused-ring (bicyclic) bond motifs is 1. The second-order valence-corrected chi connectivity index (χ2v) is 3.79. The highest BCUT2D eigenvalue weighted by Crippen LogP contribution is 2.34. The molecule has 0 saturated heterocycles. The Morgan fingerprint density at radius 1 is 1.24 bits per heavy atom. The minimum absolute atomic E-state index is 0.0414. The zero-order valence-corrected chi connectivity index (χ0v) is 9.14. The van der Waals surface area contributed by atoms with Crippen molar-refractivity contribution in [1.29, 1.82) is 0 Å². The molecule has 0 atom stereocenters. The van der Waals surface area contributed by atoms with Gasteiger partial charge in [0.15, 0.2) is 11.5 Å². The van der Waals surface area contributed by atoms with Gasteiger partial charge >= 0.3 is 0 Å². The number of rotatable bonds is 2. The van der Waals surface area contributed by atoms with Crippen LogP contribution >= 0.6 is 0 Å². The van der Waals surface area contributed by atoms with Gasteiger partial charge in [-0.25, -0.2) is 0 Å². The smallest absolute Gasteiger partial charge is 0.162 e. The van der Waals surface area contributed by atoms with Crippen molar-refractivity contribution < 1.29 is 14.6 Å². The van der Waals surface area contributed by atoms with E-state index in [-0.39, 0.29) is 6.61 Å². The average molecular weight is 232 g/mol. The molecule has 17 heavy (non-hydrogen) atoms. The van der Waals surface area contributed by atoms with Crippen LogP contribution in [0.1, 0.15) is 5.56 Å². The van der Waals surface area contributed by atoms with Gasteiger partial charge < -0.3 is 14.6 Å². The van der Waals surface area contributed by atoms with Crippen LogP contribution in [0.15, 0.2) is 24.4 Å². The molecule has 3 rings (SSSR count). The molecule has 1 aliphatic rings. The predicted octanol–water partition coefficient (Wildman–Crippen LogP) is 1.34. The molecule has 5 heteroatoms. The van der Waals surface area contributed by atoms with E-state index in [9.17, 15) is 5.11 Å². The molecule has 2 heterocycles. The molecule has 2 N–H and O–H groups in total. The van der Waals surface area contributed by atoms with Crippen molar-refractivity contribution in [1.82, 2.24) is 10.2 Å². The highest BCUT2D eigenvalue weighted by Gasteiger charge is 2.14. The number of nitrogens with zero attached hydrogens (tertiary/aromatic N) is 1. The Morgan fingerprint density at radius 2 is 2.06 bits per heavy atom. The monoisotopic (exact) mass is 232 g/mol. The average Bonchev–Trinajstić information content (AvgIpc) is 2.86. The number of nitrogens with one attached hydrogen (secondary N) is 1. The van der Waals surface area contributed by atoms with Crippen LogP contribution in [0.2, 0.25) is 0 Å². The molecule has 2 aromatic rings. The summed E-state index contributed by atoms with van der Waals surface area (Å²) in [7, 11) is 0. The number of hydrogen-bond donors (Lipinski definition) is 2. The van der Waals surface area contributed by atoms with Gasteiger partial charge in [0.2, 0.25) is 0 Å². The highest BCUT2D eigenvalue weighted by atomic mass is 16.6. The van der Waals surface area contributed by atoms with E-state index in [1.54, 1.807) is 6.20 Å². The standard InChI is InChI=1S/C12H12N2O3/c15-7-9-6-13-14-12(9)8-1-2-10-11(5-8)17-4-3-16-10/h1-2,5-6,15H,3-4,7H2,(H,13,14). The van der Waals surface area contributed by atoms with Crippen LogP contribution in [0.25, 0.3) is 11.3 Å². The lowest BCUT2D eigenvalue weighted by Crippen LogP contribution is -2.15. The third kappa shape index (κ3) is 1.74. The fourth-order valence-corrected chi connectivity index (χ4v) is 1.88. The van der Waals surface area contributed by atoms with Crippen LogP contribution in [0.3, 0.4) is 0 Å². The van der Waals surface area contributed by atoms with Gasteiger partial charge in [0, 0.05) is 11.1 Å². The largest absolute Gasteiger partial charge is 0.486 e. The lowest BCUT2D eigenvalue weighted by Gasteiger charge is -2.18. The molecule has 0 amide bonds. The molecular formula is C12H12N2O3. The summed E-state index contributed by atoms with van der Waals surface area (Å²) in [5, 5.41) is 16.0. The zero-order chi connectivity index (χ0) is 11.7. The number of H-pyrrole nitrogens is 1. The Balaban J connectivity index is 2.04. The van der Waals surface area contributed by atoms with Crippen LogP contribution in [-0.4, -0.2) is 28.5 Å². The SMILES string of the molecule is OCc1cn[nH]c1-c1ccc2c(c1)OCCO2. The fourth-order valence-electron chi connectivity index (χ4n) is 1.88. The number of aliphatic hydroxyl groups is 1. The van der Waals surface area contributed by atoms with Gasteiger partial charge in [-0.05, 0) is 18.2 Å². The van der Waals surface area contributed by atoms with Gasteiger partial charge in [0.25, 0.3) is 0 Å². The molecule has 0 spiro atoms. The van der Waals surface area contributed by atoms with E-state index in [4.69, 9.17) is 9.47 Å². The van der Waals surface area contributed by atoms with Crippen molar-refractivity contribution >= 4 is 0 Å². The topological polar surface area (TPSA) is 67.4 Å². The molecule has 88 valence electrons. The van der Waals surface area contributed by atoms with Gasteiger partial charge in [-0.3, -0.25) is 5.10 Å². The number of aliphatic hydroxyl groups excluding tert-OH is 1. The van der Waals surface area contributed by atoms with Crippen LogP contribution in [0, 0.1) is 0 Å². The molecule has 0 fully saturated rings. The van der Waals surface area contributed by atoms with Gasteiger partial charge in [-0.1, -0.05) is 0 Å². The molecule has 0 saturated carbocycles. The summed E-state index contributed by atoms with van der Waals surface area (Å²) in [4.78, 5) is 0. The molecule has 0 radical (unpaired) electrons. The van der Waals surface area contributed by atoms with E-state index in [1.807, 2.05) is 18.2 Å². The van der Waals surface area contributed by atoms with Crippen molar-refractivity contribution in [3.63, 3.8) is 0 Å². The first kappa shape index (κ1) is 10.2. The van der Waals surface area contributed by atoms with E-state index in [0.717, 1.165) is 28.3 Å². The number of benzene rings is 1. The Labute approximate surface area is 98.0 Å². The maximum atomic E-state index is 9.19. The highest BCUT2D eigenvalue weighted by molar-refractivity contribution is 5.66. The first-order valence-corrected chi connectivity index (χ1v) is 5.41. The van der Waals surface area contributed by atoms with Gasteiger partial charge in [0.05, 0.1) is 18.5 Å². The summed E-state index contributed by atoms with van der Waals surface area (Å²) < 4.78 is 11.0. The van der Waals surface area contributed by atoms with E-state index in [0.29, 0.717) is 13.2 Å². The minimum atomic E-state index is -0.0414. The molecule has 0 aliphatic carbocycles. The summed E-state index contributed by atoms with van der Waals surface area (Å²) in [5.41, 5.74) is 2.50. The second-order valence-electron chi connectivity index (χ2n) is 3.79. The molecule has 1 aliphatic heterocycles. The zero-order valence-electron chi connectivity index (χ0n) is 9.14. The van der Waals surface area contributed by atoms with E-state index >= 15 is 0 Å². The van der Waals surface area contributed by atoms with Crippen LogP contribution in [-0.2, 0) is 6.61 Å². The van der Waals surface area contributed by atoms with E-state index in [1.165, 1.54) is 0 Å². The fraction of sp³-hybridized carbons (Fsp3) is 0.250. The molecule has 0 unspecified atom stereocenters. The lowest BCUT2D eigenvalue weighted by atomic mass is 10.1. The number of ether oxygens (including phenoxy) is 2. The van der Waals surface area contributed by atoms with Crippen molar-refractivity contribution in [3.8, 4) is 22.8 Å². The predicted molar refractivity (Wildman–Crippen MR) is 60.9 cm³/mol. The first-order valence-electron chi connectivity index (χ1n) is 5.41. The van der Waals surface area contributed by atoms with Gasteiger partial charge in [0.1, 0.15) is 13.2 Å². The van der Waals surface area contributed by atoms with Gasteiger partial charge in [-0.15, -0.1) is 0 Å². The number of aromatic nitrogens is 2. The van der Waals surface area contributed by atoms with Crippen LogP contribution in [0.5, 0.6) is 11.5 Å². The Kier molecular flexibility index (Phi) is 2.45. The molecule has 5 nitrogen and oxygen atoms in total. The molecule has 1 aromatic carbocycles. The van der Waals surface area contributed by atoms with Gasteiger partial charge in [-0.2, -0.15) is 5.10 Å².